The summed E-state index contributed by atoms with van der Waals surface area (Å²) in [6.07, 6.45) is 2.31. The Kier molecular flexibility index (Phi) is 5.58. The van der Waals surface area contributed by atoms with Gasteiger partial charge in [-0.05, 0) is 37.8 Å². The summed E-state index contributed by atoms with van der Waals surface area (Å²) in [6, 6.07) is 7.72. The fraction of sp³-hybridized carbons (Fsp3) is 0.562. The lowest BCUT2D eigenvalue weighted by atomic mass is 9.98. The number of benzene rings is 1. The van der Waals surface area contributed by atoms with E-state index in [4.69, 9.17) is 0 Å². The highest BCUT2D eigenvalue weighted by molar-refractivity contribution is 7.89. The number of nitrogens with one attached hydrogen (secondary N) is 1. The van der Waals surface area contributed by atoms with Gasteiger partial charge in [0.1, 0.15) is 0 Å². The number of carbonyl (C=O) groups excluding carboxylic acids is 1. The number of aryl methyl sites for hydroxylation is 1. The third kappa shape index (κ3) is 3.87. The van der Waals surface area contributed by atoms with E-state index in [9.17, 15) is 13.2 Å². The van der Waals surface area contributed by atoms with E-state index in [0.29, 0.717) is 6.54 Å². The van der Waals surface area contributed by atoms with E-state index >= 15 is 0 Å². The van der Waals surface area contributed by atoms with Crippen LogP contribution in [0.1, 0.15) is 32.3 Å². The molecule has 0 aromatic heterocycles. The van der Waals surface area contributed by atoms with E-state index in [2.05, 4.69) is 5.32 Å². The van der Waals surface area contributed by atoms with Gasteiger partial charge in [-0.25, -0.2) is 12.7 Å². The molecule has 0 bridgehead atoms. The van der Waals surface area contributed by atoms with Crippen molar-refractivity contribution in [2.24, 2.45) is 5.92 Å². The first-order valence-corrected chi connectivity index (χ1v) is 9.45. The Morgan fingerprint density at radius 2 is 2.05 bits per heavy atom. The molecule has 0 unspecified atom stereocenters. The molecule has 122 valence electrons. The first kappa shape index (κ1) is 17.0. The molecular weight excluding hydrogens is 300 g/mol. The summed E-state index contributed by atoms with van der Waals surface area (Å²) in [5.41, 5.74) is 1.91. The predicted octanol–water partition coefficient (Wildman–Crippen LogP) is 2.25. The van der Waals surface area contributed by atoms with Gasteiger partial charge in [0.05, 0.1) is 11.7 Å². The van der Waals surface area contributed by atoms with Gasteiger partial charge >= 0.3 is 0 Å². The zero-order valence-electron chi connectivity index (χ0n) is 13.2. The van der Waals surface area contributed by atoms with Crippen LogP contribution in [0.5, 0.6) is 0 Å². The van der Waals surface area contributed by atoms with Crippen molar-refractivity contribution < 1.29 is 13.2 Å². The Morgan fingerprint density at radius 1 is 1.32 bits per heavy atom. The van der Waals surface area contributed by atoms with Gasteiger partial charge in [-0.1, -0.05) is 25.1 Å². The number of nitrogens with zero attached hydrogens (tertiary/aromatic N) is 1. The van der Waals surface area contributed by atoms with Crippen LogP contribution in [0.4, 0.5) is 5.69 Å². The van der Waals surface area contributed by atoms with Gasteiger partial charge in [0, 0.05) is 18.8 Å². The van der Waals surface area contributed by atoms with Crippen LogP contribution in [-0.4, -0.2) is 37.5 Å². The van der Waals surface area contributed by atoms with E-state index in [1.54, 1.807) is 6.92 Å². The summed E-state index contributed by atoms with van der Waals surface area (Å²) < 4.78 is 25.4. The summed E-state index contributed by atoms with van der Waals surface area (Å²) in [7, 11) is -3.22. The molecule has 2 rings (SSSR count). The molecule has 1 amide bonds. The lowest BCUT2D eigenvalue weighted by molar-refractivity contribution is -0.120. The van der Waals surface area contributed by atoms with Gasteiger partial charge in [0.2, 0.25) is 15.9 Å². The zero-order valence-corrected chi connectivity index (χ0v) is 14.0. The Labute approximate surface area is 132 Å². The van der Waals surface area contributed by atoms with E-state index in [0.717, 1.165) is 30.5 Å². The number of anilines is 1. The molecule has 1 heterocycles. The van der Waals surface area contributed by atoms with Crippen LogP contribution in [0.25, 0.3) is 0 Å². The lowest BCUT2D eigenvalue weighted by Gasteiger charge is -2.31. The van der Waals surface area contributed by atoms with E-state index in [-0.39, 0.29) is 24.1 Å². The molecule has 0 aliphatic carbocycles. The number of sulfonamides is 1. The van der Waals surface area contributed by atoms with Crippen LogP contribution < -0.4 is 5.32 Å². The first-order chi connectivity index (χ1) is 10.5. The Bertz CT molecular complexity index is 628. The van der Waals surface area contributed by atoms with Crippen LogP contribution in [0.2, 0.25) is 0 Å². The van der Waals surface area contributed by atoms with Gasteiger partial charge in [-0.15, -0.1) is 0 Å². The molecule has 22 heavy (non-hydrogen) atoms. The average Bonchev–Trinajstić information content (AvgIpc) is 2.55. The number of carbonyl (C=O) groups is 1. The fourth-order valence-electron chi connectivity index (χ4n) is 2.78. The van der Waals surface area contributed by atoms with Crippen molar-refractivity contribution in [3.8, 4) is 0 Å². The number of piperidine rings is 1. The summed E-state index contributed by atoms with van der Waals surface area (Å²) >= 11 is 0. The highest BCUT2D eigenvalue weighted by Crippen LogP contribution is 2.22. The minimum Gasteiger partial charge on any atom is -0.326 e. The van der Waals surface area contributed by atoms with Gasteiger partial charge in [-0.3, -0.25) is 4.79 Å². The first-order valence-electron chi connectivity index (χ1n) is 7.84. The van der Waals surface area contributed by atoms with Crippen molar-refractivity contribution in [1.82, 2.24) is 4.31 Å². The van der Waals surface area contributed by atoms with E-state index in [1.165, 1.54) is 4.31 Å². The molecule has 1 aromatic rings. The average molecular weight is 324 g/mol. The summed E-state index contributed by atoms with van der Waals surface area (Å²) in [4.78, 5) is 12.5. The molecule has 0 saturated carbocycles. The highest BCUT2D eigenvalue weighted by Gasteiger charge is 2.31. The SMILES string of the molecule is CCc1ccccc1NC(=O)[C@H]1CCCN(S(=O)(=O)CC)C1. The van der Waals surface area contributed by atoms with Crippen molar-refractivity contribution in [3.05, 3.63) is 29.8 Å². The van der Waals surface area contributed by atoms with Crippen LogP contribution in [0.3, 0.4) is 0 Å². The van der Waals surface area contributed by atoms with Crippen LogP contribution >= 0.6 is 0 Å². The maximum atomic E-state index is 12.5. The van der Waals surface area contributed by atoms with E-state index in [1.807, 2.05) is 31.2 Å². The number of hydrogen-bond acceptors (Lipinski definition) is 3. The Morgan fingerprint density at radius 3 is 2.73 bits per heavy atom. The van der Waals surface area contributed by atoms with Gasteiger partial charge in [0.15, 0.2) is 0 Å². The van der Waals surface area contributed by atoms with Crippen LogP contribution in [-0.2, 0) is 21.2 Å². The maximum Gasteiger partial charge on any atom is 0.228 e. The second kappa shape index (κ2) is 7.24. The molecule has 1 aliphatic rings. The topological polar surface area (TPSA) is 66.5 Å². The third-order valence-corrected chi connectivity index (χ3v) is 6.02. The molecule has 1 saturated heterocycles. The predicted molar refractivity (Wildman–Crippen MR) is 88.2 cm³/mol. The standard InChI is InChI=1S/C16H24N2O3S/c1-3-13-8-5-6-10-15(13)17-16(19)14-9-7-11-18(12-14)22(20,21)4-2/h5-6,8,10,14H,3-4,7,9,11-12H2,1-2H3,(H,17,19)/t14-/m0/s1. The lowest BCUT2D eigenvalue weighted by Crippen LogP contribution is -2.44. The molecule has 0 spiro atoms. The molecule has 1 aromatic carbocycles. The quantitative estimate of drug-likeness (QED) is 0.903. The minimum atomic E-state index is -3.22. The Balaban J connectivity index is 2.06. The van der Waals surface area contributed by atoms with Crippen LogP contribution in [0, 0.1) is 5.92 Å². The molecule has 1 aliphatic heterocycles. The van der Waals surface area contributed by atoms with Crippen molar-refractivity contribution in [3.63, 3.8) is 0 Å². The van der Waals surface area contributed by atoms with E-state index < -0.39 is 10.0 Å². The zero-order chi connectivity index (χ0) is 16.2. The summed E-state index contributed by atoms with van der Waals surface area (Å²) in [6.45, 7) is 4.49. The van der Waals surface area contributed by atoms with Crippen molar-refractivity contribution in [2.45, 2.75) is 33.1 Å². The molecule has 1 atom stereocenters. The van der Waals surface area contributed by atoms with Crippen LogP contribution in [0.15, 0.2) is 24.3 Å². The normalized spacial score (nSPS) is 19.8. The van der Waals surface area contributed by atoms with Gasteiger partial charge in [-0.2, -0.15) is 0 Å². The third-order valence-electron chi connectivity index (χ3n) is 4.17. The Hall–Kier alpha value is -1.40. The number of rotatable bonds is 5. The molecular formula is C16H24N2O3S. The molecule has 1 N–H and O–H groups in total. The number of amides is 1. The maximum absolute atomic E-state index is 12.5. The van der Waals surface area contributed by atoms with Crippen molar-refractivity contribution in [2.75, 3.05) is 24.2 Å². The fourth-order valence-corrected chi connectivity index (χ4v) is 3.96. The molecule has 5 nitrogen and oxygen atoms in total. The van der Waals surface area contributed by atoms with Gasteiger partial charge < -0.3 is 5.32 Å². The van der Waals surface area contributed by atoms with Gasteiger partial charge in [0.25, 0.3) is 0 Å². The monoisotopic (exact) mass is 324 g/mol. The second-order valence-corrected chi connectivity index (χ2v) is 7.86. The second-order valence-electron chi connectivity index (χ2n) is 5.60. The molecule has 0 radical (unpaired) electrons. The number of para-hydroxylation sites is 1. The summed E-state index contributed by atoms with van der Waals surface area (Å²) in [5.74, 6) is -0.281. The molecule has 6 heteroatoms. The highest BCUT2D eigenvalue weighted by atomic mass is 32.2. The van der Waals surface area contributed by atoms with Crippen molar-refractivity contribution in [1.29, 1.82) is 0 Å². The smallest absolute Gasteiger partial charge is 0.228 e. The minimum absolute atomic E-state index is 0.0833. The number of hydrogen-bond donors (Lipinski definition) is 1. The summed E-state index contributed by atoms with van der Waals surface area (Å²) in [5, 5.41) is 2.96. The largest absolute Gasteiger partial charge is 0.326 e. The molecule has 1 fully saturated rings. The van der Waals surface area contributed by atoms with Crippen molar-refractivity contribution >= 4 is 21.6 Å².